The molecule has 1 saturated heterocycles. The van der Waals surface area contributed by atoms with Crippen LogP contribution in [0.5, 0.6) is 0 Å². The molecule has 1 aliphatic heterocycles. The van der Waals surface area contributed by atoms with Crippen LogP contribution in [0, 0.1) is 0 Å². The molecular weight excluding hydrogens is 268 g/mol. The molecule has 21 heavy (non-hydrogen) atoms. The van der Waals surface area contributed by atoms with Gasteiger partial charge < -0.3 is 15.0 Å². The van der Waals surface area contributed by atoms with E-state index in [0.29, 0.717) is 13.2 Å². The second-order valence-corrected chi connectivity index (χ2v) is 5.96. The van der Waals surface area contributed by atoms with Gasteiger partial charge in [-0.3, -0.25) is 9.48 Å². The highest BCUT2D eigenvalue weighted by Crippen LogP contribution is 2.30. The third kappa shape index (κ3) is 2.82. The lowest BCUT2D eigenvalue weighted by Crippen LogP contribution is -2.56. The Hall–Kier alpha value is -1.40. The summed E-state index contributed by atoms with van der Waals surface area (Å²) in [7, 11) is 3.70. The summed E-state index contributed by atoms with van der Waals surface area (Å²) in [5.41, 5.74) is 0.920. The molecule has 116 valence electrons. The van der Waals surface area contributed by atoms with E-state index >= 15 is 0 Å². The lowest BCUT2D eigenvalue weighted by molar-refractivity contribution is -0.151. The number of ether oxygens (including phenoxy) is 1. The van der Waals surface area contributed by atoms with Gasteiger partial charge >= 0.3 is 0 Å². The fourth-order valence-electron chi connectivity index (χ4n) is 3.56. The Bertz CT molecular complexity index is 500. The molecule has 2 heterocycles. The van der Waals surface area contributed by atoms with Crippen molar-refractivity contribution < 1.29 is 9.53 Å². The van der Waals surface area contributed by atoms with E-state index in [-0.39, 0.29) is 24.1 Å². The quantitative estimate of drug-likeness (QED) is 0.897. The van der Waals surface area contributed by atoms with Crippen molar-refractivity contribution >= 4 is 5.91 Å². The fraction of sp³-hybridized carbons (Fsp3) is 0.733. The minimum Gasteiger partial charge on any atom is -0.374 e. The van der Waals surface area contributed by atoms with Gasteiger partial charge in [0.05, 0.1) is 24.9 Å². The number of amides is 1. The maximum Gasteiger partial charge on any atom is 0.244 e. The van der Waals surface area contributed by atoms with E-state index in [4.69, 9.17) is 4.74 Å². The van der Waals surface area contributed by atoms with Crippen LogP contribution >= 0.6 is 0 Å². The standard InChI is InChI=1S/C15H24N4O2/c1-16-14(11-9-17-18(2)10-11)15(20)19-7-8-21-13-6-4-3-5-12(13)19/h9-10,12-14,16H,3-8H2,1-2H3. The maximum absolute atomic E-state index is 13.0. The van der Waals surface area contributed by atoms with Crippen LogP contribution in [0.3, 0.4) is 0 Å². The summed E-state index contributed by atoms with van der Waals surface area (Å²) in [4.78, 5) is 15.0. The molecule has 1 aromatic rings. The Balaban J connectivity index is 1.78. The molecule has 0 spiro atoms. The van der Waals surface area contributed by atoms with Gasteiger partial charge in [0.1, 0.15) is 6.04 Å². The molecule has 1 amide bonds. The predicted octanol–water partition coefficient (Wildman–Crippen LogP) is 0.851. The van der Waals surface area contributed by atoms with Gasteiger partial charge in [-0.05, 0) is 19.9 Å². The van der Waals surface area contributed by atoms with Gasteiger partial charge in [-0.2, -0.15) is 5.10 Å². The zero-order valence-corrected chi connectivity index (χ0v) is 12.8. The van der Waals surface area contributed by atoms with Crippen molar-refractivity contribution in [1.82, 2.24) is 20.0 Å². The van der Waals surface area contributed by atoms with E-state index in [1.165, 1.54) is 12.8 Å². The number of nitrogens with zero attached hydrogens (tertiary/aromatic N) is 3. The van der Waals surface area contributed by atoms with E-state index < -0.39 is 0 Å². The fourth-order valence-corrected chi connectivity index (χ4v) is 3.56. The van der Waals surface area contributed by atoms with Crippen LogP contribution in [-0.2, 0) is 16.6 Å². The second-order valence-electron chi connectivity index (χ2n) is 5.96. The Labute approximate surface area is 125 Å². The molecular formula is C15H24N4O2. The van der Waals surface area contributed by atoms with E-state index in [0.717, 1.165) is 18.4 Å². The number of aromatic nitrogens is 2. The third-order valence-electron chi connectivity index (χ3n) is 4.61. The maximum atomic E-state index is 13.0. The molecule has 0 radical (unpaired) electrons. The summed E-state index contributed by atoms with van der Waals surface area (Å²) in [6, 6.07) is -0.0769. The summed E-state index contributed by atoms with van der Waals surface area (Å²) in [5, 5.41) is 7.31. The number of aryl methyl sites for hydroxylation is 1. The van der Waals surface area contributed by atoms with Crippen LogP contribution in [0.15, 0.2) is 12.4 Å². The SMILES string of the molecule is CNC(C(=O)N1CCOC2CCCCC21)c1cnn(C)c1. The number of rotatable bonds is 3. The number of hydrogen-bond donors (Lipinski definition) is 1. The summed E-state index contributed by atoms with van der Waals surface area (Å²) < 4.78 is 7.59. The first-order valence-corrected chi connectivity index (χ1v) is 7.78. The summed E-state index contributed by atoms with van der Waals surface area (Å²) in [6.07, 6.45) is 8.41. The molecule has 2 aliphatic rings. The van der Waals surface area contributed by atoms with E-state index in [1.807, 2.05) is 25.2 Å². The lowest BCUT2D eigenvalue weighted by atomic mass is 9.89. The summed E-state index contributed by atoms with van der Waals surface area (Å²) >= 11 is 0. The van der Waals surface area contributed by atoms with Crippen molar-refractivity contribution in [2.45, 2.75) is 43.9 Å². The second kappa shape index (κ2) is 6.15. The van der Waals surface area contributed by atoms with Gasteiger partial charge in [-0.25, -0.2) is 0 Å². The molecule has 2 fully saturated rings. The van der Waals surface area contributed by atoms with Crippen molar-refractivity contribution in [1.29, 1.82) is 0 Å². The molecule has 6 nitrogen and oxygen atoms in total. The van der Waals surface area contributed by atoms with Crippen molar-refractivity contribution in [3.63, 3.8) is 0 Å². The number of carbonyl (C=O) groups excluding carboxylic acids is 1. The lowest BCUT2D eigenvalue weighted by Gasteiger charge is -2.44. The molecule has 1 aromatic heterocycles. The Kier molecular flexibility index (Phi) is 4.26. The molecule has 3 unspecified atom stereocenters. The van der Waals surface area contributed by atoms with E-state index in [2.05, 4.69) is 10.4 Å². The summed E-state index contributed by atoms with van der Waals surface area (Å²) in [5.74, 6) is 0.144. The Morgan fingerprint density at radius 3 is 3.00 bits per heavy atom. The topological polar surface area (TPSA) is 59.4 Å². The van der Waals surface area contributed by atoms with Gasteiger partial charge in [0, 0.05) is 25.4 Å². The minimum absolute atomic E-state index is 0.144. The predicted molar refractivity (Wildman–Crippen MR) is 78.7 cm³/mol. The molecule has 1 aliphatic carbocycles. The van der Waals surface area contributed by atoms with Gasteiger partial charge in [-0.1, -0.05) is 12.8 Å². The number of fused-ring (bicyclic) bond motifs is 1. The average Bonchev–Trinajstić information content (AvgIpc) is 2.93. The number of carbonyl (C=O) groups is 1. The first kappa shape index (κ1) is 14.5. The Morgan fingerprint density at radius 2 is 2.29 bits per heavy atom. The van der Waals surface area contributed by atoms with Crippen LogP contribution in [0.4, 0.5) is 0 Å². The smallest absolute Gasteiger partial charge is 0.244 e. The number of likely N-dealkylation sites (N-methyl/N-ethyl adjacent to an activating group) is 1. The largest absolute Gasteiger partial charge is 0.374 e. The van der Waals surface area contributed by atoms with Crippen molar-refractivity contribution in [2.24, 2.45) is 7.05 Å². The monoisotopic (exact) mass is 292 g/mol. The van der Waals surface area contributed by atoms with Crippen molar-refractivity contribution in [3.8, 4) is 0 Å². The van der Waals surface area contributed by atoms with Crippen molar-refractivity contribution in [3.05, 3.63) is 18.0 Å². The average molecular weight is 292 g/mol. The van der Waals surface area contributed by atoms with Crippen LogP contribution in [0.2, 0.25) is 0 Å². The highest BCUT2D eigenvalue weighted by Gasteiger charge is 2.39. The summed E-state index contributed by atoms with van der Waals surface area (Å²) in [6.45, 7) is 1.34. The molecule has 0 aromatic carbocycles. The number of hydrogen-bond acceptors (Lipinski definition) is 4. The number of morpholine rings is 1. The van der Waals surface area contributed by atoms with Gasteiger partial charge in [0.15, 0.2) is 0 Å². The molecule has 6 heteroatoms. The van der Waals surface area contributed by atoms with Gasteiger partial charge in [-0.15, -0.1) is 0 Å². The van der Waals surface area contributed by atoms with Crippen molar-refractivity contribution in [2.75, 3.05) is 20.2 Å². The molecule has 1 N–H and O–H groups in total. The molecule has 1 saturated carbocycles. The molecule has 0 bridgehead atoms. The first-order chi connectivity index (χ1) is 10.2. The van der Waals surface area contributed by atoms with Crippen LogP contribution in [0.1, 0.15) is 37.3 Å². The molecule has 3 atom stereocenters. The van der Waals surface area contributed by atoms with Gasteiger partial charge in [0.2, 0.25) is 5.91 Å². The molecule has 3 rings (SSSR count). The van der Waals surface area contributed by atoms with Gasteiger partial charge in [0.25, 0.3) is 0 Å². The van der Waals surface area contributed by atoms with Crippen LogP contribution < -0.4 is 5.32 Å². The highest BCUT2D eigenvalue weighted by atomic mass is 16.5. The highest BCUT2D eigenvalue weighted by molar-refractivity contribution is 5.83. The van der Waals surface area contributed by atoms with Crippen LogP contribution in [0.25, 0.3) is 0 Å². The first-order valence-electron chi connectivity index (χ1n) is 7.78. The zero-order chi connectivity index (χ0) is 14.8. The van der Waals surface area contributed by atoms with Crippen LogP contribution in [-0.4, -0.2) is 52.9 Å². The minimum atomic E-state index is -0.320. The third-order valence-corrected chi connectivity index (χ3v) is 4.61. The van der Waals surface area contributed by atoms with E-state index in [1.54, 1.807) is 10.9 Å². The van der Waals surface area contributed by atoms with E-state index in [9.17, 15) is 4.79 Å². The normalized spacial score (nSPS) is 27.2. The Morgan fingerprint density at radius 1 is 1.48 bits per heavy atom. The number of nitrogens with one attached hydrogen (secondary N) is 1. The zero-order valence-electron chi connectivity index (χ0n) is 12.8.